The maximum absolute atomic E-state index is 13.2. The van der Waals surface area contributed by atoms with E-state index >= 15 is 0 Å². The molecule has 120 valence electrons. The molecule has 2 fully saturated rings. The second-order valence-electron chi connectivity index (χ2n) is 6.71. The minimum atomic E-state index is -0.793. The first-order valence-corrected chi connectivity index (χ1v) is 8.36. The predicted molar refractivity (Wildman–Crippen MR) is 81.3 cm³/mol. The van der Waals surface area contributed by atoms with E-state index in [0.717, 1.165) is 57.2 Å². The molecule has 0 N–H and O–H groups in total. The summed E-state index contributed by atoms with van der Waals surface area (Å²) in [4.78, 5) is 14.3. The van der Waals surface area contributed by atoms with E-state index in [1.54, 1.807) is 6.07 Å². The molecular formula is C18H23F2NO. The molecule has 0 aromatic heterocycles. The van der Waals surface area contributed by atoms with Gasteiger partial charge < -0.3 is 4.90 Å². The van der Waals surface area contributed by atoms with Crippen LogP contribution in [0, 0.1) is 23.5 Å². The molecular weight excluding hydrogens is 284 g/mol. The van der Waals surface area contributed by atoms with Crippen LogP contribution in [-0.2, 0) is 11.2 Å². The van der Waals surface area contributed by atoms with Crippen molar-refractivity contribution >= 4 is 5.91 Å². The van der Waals surface area contributed by atoms with E-state index in [1.807, 2.05) is 4.90 Å². The first-order chi connectivity index (χ1) is 10.6. The second kappa shape index (κ2) is 6.76. The summed E-state index contributed by atoms with van der Waals surface area (Å²) >= 11 is 0. The molecule has 1 amide bonds. The summed E-state index contributed by atoms with van der Waals surface area (Å²) < 4.78 is 26.1. The van der Waals surface area contributed by atoms with Crippen molar-refractivity contribution in [3.8, 4) is 0 Å². The van der Waals surface area contributed by atoms with E-state index < -0.39 is 11.6 Å². The molecule has 3 rings (SSSR count). The molecule has 22 heavy (non-hydrogen) atoms. The average Bonchev–Trinajstić information content (AvgIpc) is 2.47. The fraction of sp³-hybridized carbons (Fsp3) is 0.611. The normalized spacial score (nSPS) is 22.5. The third-order valence-electron chi connectivity index (χ3n) is 5.11. The summed E-state index contributed by atoms with van der Waals surface area (Å²) in [7, 11) is 0. The number of aryl methyl sites for hydroxylation is 1. The van der Waals surface area contributed by atoms with E-state index in [-0.39, 0.29) is 5.92 Å². The molecule has 2 nitrogen and oxygen atoms in total. The quantitative estimate of drug-likeness (QED) is 0.825. The maximum atomic E-state index is 13.2. The minimum absolute atomic E-state index is 0.268. The highest BCUT2D eigenvalue weighted by molar-refractivity contribution is 5.79. The smallest absolute Gasteiger partial charge is 0.225 e. The van der Waals surface area contributed by atoms with Crippen molar-refractivity contribution in [2.75, 3.05) is 13.1 Å². The van der Waals surface area contributed by atoms with Crippen LogP contribution >= 0.6 is 0 Å². The molecule has 1 aromatic rings. The van der Waals surface area contributed by atoms with Crippen LogP contribution in [-0.4, -0.2) is 23.9 Å². The number of benzene rings is 1. The Hall–Kier alpha value is -1.45. The van der Waals surface area contributed by atoms with Crippen molar-refractivity contribution in [3.63, 3.8) is 0 Å². The molecule has 0 unspecified atom stereocenters. The van der Waals surface area contributed by atoms with Gasteiger partial charge in [0, 0.05) is 19.0 Å². The fourth-order valence-electron chi connectivity index (χ4n) is 3.48. The molecule has 1 aromatic carbocycles. The average molecular weight is 307 g/mol. The molecule has 2 aliphatic rings. The van der Waals surface area contributed by atoms with E-state index in [9.17, 15) is 13.6 Å². The van der Waals surface area contributed by atoms with Gasteiger partial charge in [0.25, 0.3) is 0 Å². The summed E-state index contributed by atoms with van der Waals surface area (Å²) in [6, 6.07) is 4.13. The van der Waals surface area contributed by atoms with Crippen molar-refractivity contribution in [2.24, 2.45) is 11.8 Å². The number of amides is 1. The summed E-state index contributed by atoms with van der Waals surface area (Å²) in [5, 5.41) is 0. The number of hydrogen-bond acceptors (Lipinski definition) is 1. The highest BCUT2D eigenvalue weighted by Crippen LogP contribution is 2.30. The van der Waals surface area contributed by atoms with Gasteiger partial charge in [0.05, 0.1) is 0 Å². The van der Waals surface area contributed by atoms with Crippen molar-refractivity contribution in [3.05, 3.63) is 35.4 Å². The molecule has 1 heterocycles. The predicted octanol–water partition coefficient (Wildman–Crippen LogP) is 3.94. The molecule has 4 heteroatoms. The van der Waals surface area contributed by atoms with Crippen LogP contribution in [0.1, 0.15) is 44.1 Å². The number of hydrogen-bond donors (Lipinski definition) is 0. The van der Waals surface area contributed by atoms with E-state index in [0.29, 0.717) is 11.8 Å². The Kier molecular flexibility index (Phi) is 4.74. The van der Waals surface area contributed by atoms with Gasteiger partial charge in [-0.1, -0.05) is 12.5 Å². The van der Waals surface area contributed by atoms with Gasteiger partial charge in [-0.15, -0.1) is 0 Å². The second-order valence-corrected chi connectivity index (χ2v) is 6.71. The number of likely N-dealkylation sites (tertiary alicyclic amines) is 1. The zero-order chi connectivity index (χ0) is 15.5. The standard InChI is InChI=1S/C18H23F2NO/c19-16-9-8-13(11-17(16)20)6-7-14-3-2-10-21(12-14)18(22)15-4-1-5-15/h8-9,11,14-15H,1-7,10,12H2/t14-/m1/s1. The molecule has 0 bridgehead atoms. The van der Waals surface area contributed by atoms with Crippen LogP contribution in [0.5, 0.6) is 0 Å². The number of carbonyl (C=O) groups excluding carboxylic acids is 1. The minimum Gasteiger partial charge on any atom is -0.342 e. The van der Waals surface area contributed by atoms with Gasteiger partial charge in [-0.2, -0.15) is 0 Å². The first-order valence-electron chi connectivity index (χ1n) is 8.36. The first kappa shape index (κ1) is 15.4. The zero-order valence-corrected chi connectivity index (χ0v) is 12.9. The zero-order valence-electron chi connectivity index (χ0n) is 12.9. The maximum Gasteiger partial charge on any atom is 0.225 e. The lowest BCUT2D eigenvalue weighted by molar-refractivity contribution is -0.140. The topological polar surface area (TPSA) is 20.3 Å². The number of rotatable bonds is 4. The van der Waals surface area contributed by atoms with E-state index in [1.165, 1.54) is 18.6 Å². The SMILES string of the molecule is O=C(C1CCC1)N1CCC[C@H](CCc2ccc(F)c(F)c2)C1. The van der Waals surface area contributed by atoms with Crippen molar-refractivity contribution in [2.45, 2.75) is 44.9 Å². The van der Waals surface area contributed by atoms with E-state index in [4.69, 9.17) is 0 Å². The molecule has 0 spiro atoms. The number of piperidine rings is 1. The van der Waals surface area contributed by atoms with Crippen LogP contribution in [0.25, 0.3) is 0 Å². The fourth-order valence-corrected chi connectivity index (χ4v) is 3.48. The third kappa shape index (κ3) is 3.47. The van der Waals surface area contributed by atoms with Gasteiger partial charge in [0.15, 0.2) is 11.6 Å². The Labute approximate surface area is 130 Å². The lowest BCUT2D eigenvalue weighted by Crippen LogP contribution is -2.44. The Morgan fingerprint density at radius 2 is 1.95 bits per heavy atom. The monoisotopic (exact) mass is 307 g/mol. The van der Waals surface area contributed by atoms with Crippen LogP contribution < -0.4 is 0 Å². The van der Waals surface area contributed by atoms with E-state index in [2.05, 4.69) is 0 Å². The highest BCUT2D eigenvalue weighted by atomic mass is 19.2. The molecule has 1 saturated heterocycles. The largest absolute Gasteiger partial charge is 0.342 e. The Balaban J connectivity index is 1.51. The summed E-state index contributed by atoms with van der Waals surface area (Å²) in [6.07, 6.45) is 7.14. The number of nitrogens with zero attached hydrogens (tertiary/aromatic N) is 1. The number of halogens is 2. The van der Waals surface area contributed by atoms with Gasteiger partial charge in [-0.25, -0.2) is 8.78 Å². The van der Waals surface area contributed by atoms with Crippen molar-refractivity contribution in [1.29, 1.82) is 0 Å². The van der Waals surface area contributed by atoms with Crippen LogP contribution in [0.2, 0.25) is 0 Å². The van der Waals surface area contributed by atoms with Crippen molar-refractivity contribution in [1.82, 2.24) is 4.90 Å². The Bertz CT molecular complexity index is 542. The molecule has 1 aliphatic carbocycles. The lowest BCUT2D eigenvalue weighted by atomic mass is 9.83. The summed E-state index contributed by atoms with van der Waals surface area (Å²) in [5.74, 6) is -0.485. The number of carbonyl (C=O) groups is 1. The van der Waals surface area contributed by atoms with Crippen LogP contribution in [0.4, 0.5) is 8.78 Å². The van der Waals surface area contributed by atoms with Gasteiger partial charge in [-0.05, 0) is 62.1 Å². The molecule has 1 atom stereocenters. The van der Waals surface area contributed by atoms with Crippen LogP contribution in [0.15, 0.2) is 18.2 Å². The van der Waals surface area contributed by atoms with Gasteiger partial charge in [0.1, 0.15) is 0 Å². The van der Waals surface area contributed by atoms with Gasteiger partial charge >= 0.3 is 0 Å². The molecule has 1 saturated carbocycles. The summed E-state index contributed by atoms with van der Waals surface area (Å²) in [5.41, 5.74) is 0.835. The van der Waals surface area contributed by atoms with Gasteiger partial charge in [0.2, 0.25) is 5.91 Å². The Morgan fingerprint density at radius 1 is 1.14 bits per heavy atom. The molecule has 1 aliphatic heterocycles. The Morgan fingerprint density at radius 3 is 2.64 bits per heavy atom. The lowest BCUT2D eigenvalue weighted by Gasteiger charge is -2.37. The molecule has 0 radical (unpaired) electrons. The van der Waals surface area contributed by atoms with Crippen molar-refractivity contribution < 1.29 is 13.6 Å². The summed E-state index contributed by atoms with van der Waals surface area (Å²) in [6.45, 7) is 1.72. The third-order valence-corrected chi connectivity index (χ3v) is 5.11. The van der Waals surface area contributed by atoms with Crippen LogP contribution in [0.3, 0.4) is 0 Å². The van der Waals surface area contributed by atoms with Gasteiger partial charge in [-0.3, -0.25) is 4.79 Å². The highest BCUT2D eigenvalue weighted by Gasteiger charge is 2.31.